The van der Waals surface area contributed by atoms with E-state index in [1.165, 1.54) is 37.0 Å². The monoisotopic (exact) mass is 344 g/mol. The van der Waals surface area contributed by atoms with Gasteiger partial charge in [-0.15, -0.1) is 11.3 Å². The largest absolute Gasteiger partial charge is 0.343 e. The van der Waals surface area contributed by atoms with Crippen LogP contribution in [0.3, 0.4) is 0 Å². The van der Waals surface area contributed by atoms with Gasteiger partial charge in [0.05, 0.1) is 18.3 Å². The second-order valence-electron chi connectivity index (χ2n) is 6.79. The van der Waals surface area contributed by atoms with Crippen LogP contribution in [0.2, 0.25) is 0 Å². The molecular formula is C18H24N4OS. The molecule has 0 radical (unpaired) electrons. The Morgan fingerprint density at radius 1 is 1.38 bits per heavy atom. The molecule has 0 spiro atoms. The van der Waals surface area contributed by atoms with E-state index in [1.54, 1.807) is 11.3 Å². The summed E-state index contributed by atoms with van der Waals surface area (Å²) in [6.45, 7) is 2.53. The molecule has 1 unspecified atom stereocenters. The minimum absolute atomic E-state index is 0.0409. The topological polar surface area (TPSA) is 59.0 Å². The third-order valence-electron chi connectivity index (χ3n) is 5.16. The van der Waals surface area contributed by atoms with E-state index in [9.17, 15) is 4.79 Å². The minimum Gasteiger partial charge on any atom is -0.343 e. The zero-order chi connectivity index (χ0) is 16.4. The van der Waals surface area contributed by atoms with Gasteiger partial charge in [-0.3, -0.25) is 9.48 Å². The van der Waals surface area contributed by atoms with Crippen LogP contribution in [0.25, 0.3) is 0 Å². The summed E-state index contributed by atoms with van der Waals surface area (Å²) in [5, 5.41) is 13.2. The van der Waals surface area contributed by atoms with E-state index in [-0.39, 0.29) is 11.9 Å². The second kappa shape index (κ2) is 7.07. The molecule has 1 aliphatic heterocycles. The van der Waals surface area contributed by atoms with Gasteiger partial charge in [0.2, 0.25) is 0 Å². The average molecular weight is 344 g/mol. The zero-order valence-corrected chi connectivity index (χ0v) is 14.6. The van der Waals surface area contributed by atoms with Crippen molar-refractivity contribution in [1.82, 2.24) is 20.4 Å². The lowest BCUT2D eigenvalue weighted by atomic mass is 9.83. The normalized spacial score (nSPS) is 19.7. The van der Waals surface area contributed by atoms with E-state index in [0.717, 1.165) is 25.3 Å². The number of thiophene rings is 1. The molecule has 1 atom stereocenters. The van der Waals surface area contributed by atoms with E-state index < -0.39 is 0 Å². The van der Waals surface area contributed by atoms with Crippen LogP contribution in [0.1, 0.15) is 59.2 Å². The van der Waals surface area contributed by atoms with Crippen molar-refractivity contribution < 1.29 is 4.79 Å². The van der Waals surface area contributed by atoms with Crippen LogP contribution in [-0.2, 0) is 13.1 Å². The molecule has 3 heterocycles. The van der Waals surface area contributed by atoms with E-state index in [1.807, 2.05) is 10.7 Å². The second-order valence-corrected chi connectivity index (χ2v) is 7.76. The Balaban J connectivity index is 1.53. The summed E-state index contributed by atoms with van der Waals surface area (Å²) in [5.41, 5.74) is 1.64. The fourth-order valence-electron chi connectivity index (χ4n) is 3.88. The molecule has 0 aromatic carbocycles. The van der Waals surface area contributed by atoms with Gasteiger partial charge in [0.15, 0.2) is 5.69 Å². The molecule has 5 nitrogen and oxygen atoms in total. The fourth-order valence-corrected chi connectivity index (χ4v) is 4.75. The number of aromatic nitrogens is 2. The molecule has 2 N–H and O–H groups in total. The summed E-state index contributed by atoms with van der Waals surface area (Å²) in [5.74, 6) is 0.501. The van der Waals surface area contributed by atoms with Gasteiger partial charge in [-0.25, -0.2) is 0 Å². The van der Waals surface area contributed by atoms with Crippen molar-refractivity contribution in [1.29, 1.82) is 0 Å². The van der Waals surface area contributed by atoms with E-state index >= 15 is 0 Å². The highest BCUT2D eigenvalue weighted by atomic mass is 32.1. The first-order valence-electron chi connectivity index (χ1n) is 8.93. The Hall–Kier alpha value is -1.66. The lowest BCUT2D eigenvalue weighted by Crippen LogP contribution is -2.34. The predicted molar refractivity (Wildman–Crippen MR) is 95.0 cm³/mol. The maximum Gasteiger partial charge on any atom is 0.272 e. The SMILES string of the molecule is O=C(NC(c1cccs1)C1CCCCC1)c1cc2n(n1)CCNC2. The Morgan fingerprint density at radius 2 is 2.25 bits per heavy atom. The van der Waals surface area contributed by atoms with Gasteiger partial charge in [0, 0.05) is 18.0 Å². The van der Waals surface area contributed by atoms with Crippen molar-refractivity contribution in [2.24, 2.45) is 5.92 Å². The third-order valence-corrected chi connectivity index (χ3v) is 6.12. The van der Waals surface area contributed by atoms with E-state index in [0.29, 0.717) is 11.6 Å². The van der Waals surface area contributed by atoms with Gasteiger partial charge >= 0.3 is 0 Å². The number of hydrogen-bond donors (Lipinski definition) is 2. The number of carbonyl (C=O) groups is 1. The van der Waals surface area contributed by atoms with Crippen molar-refractivity contribution in [3.63, 3.8) is 0 Å². The zero-order valence-electron chi connectivity index (χ0n) is 13.8. The Kier molecular flexibility index (Phi) is 4.67. The average Bonchev–Trinajstić information content (AvgIpc) is 3.29. The lowest BCUT2D eigenvalue weighted by molar-refractivity contribution is 0.0908. The molecule has 1 amide bonds. The number of hydrogen-bond acceptors (Lipinski definition) is 4. The lowest BCUT2D eigenvalue weighted by Gasteiger charge is -2.30. The van der Waals surface area contributed by atoms with Gasteiger partial charge in [-0.2, -0.15) is 5.10 Å². The molecule has 128 valence electrons. The van der Waals surface area contributed by atoms with Crippen LogP contribution >= 0.6 is 11.3 Å². The number of amides is 1. The van der Waals surface area contributed by atoms with Gasteiger partial charge in [0.1, 0.15) is 0 Å². The van der Waals surface area contributed by atoms with Crippen LogP contribution in [0.4, 0.5) is 0 Å². The van der Waals surface area contributed by atoms with Crippen molar-refractivity contribution in [2.75, 3.05) is 6.54 Å². The van der Waals surface area contributed by atoms with Crippen LogP contribution in [0.15, 0.2) is 23.6 Å². The first kappa shape index (κ1) is 15.8. The molecule has 1 saturated carbocycles. The number of carbonyl (C=O) groups excluding carboxylic acids is 1. The molecule has 0 saturated heterocycles. The number of fused-ring (bicyclic) bond motifs is 1. The molecule has 1 aliphatic carbocycles. The molecular weight excluding hydrogens is 320 g/mol. The number of nitrogens with zero attached hydrogens (tertiary/aromatic N) is 2. The van der Waals surface area contributed by atoms with Crippen LogP contribution < -0.4 is 10.6 Å². The van der Waals surface area contributed by atoms with Crippen LogP contribution in [-0.4, -0.2) is 22.2 Å². The molecule has 2 aromatic heterocycles. The van der Waals surface area contributed by atoms with E-state index in [2.05, 4.69) is 33.2 Å². The summed E-state index contributed by atoms with van der Waals surface area (Å²) in [6, 6.07) is 6.26. The van der Waals surface area contributed by atoms with Gasteiger partial charge in [-0.1, -0.05) is 25.3 Å². The maximum atomic E-state index is 12.8. The van der Waals surface area contributed by atoms with Gasteiger partial charge in [-0.05, 0) is 36.3 Å². The van der Waals surface area contributed by atoms with Crippen molar-refractivity contribution in [2.45, 2.75) is 51.2 Å². The molecule has 2 aromatic rings. The standard InChI is InChI=1S/C18H24N4OS/c23-18(15-11-14-12-19-8-9-22(14)21-15)20-17(16-7-4-10-24-16)13-5-2-1-3-6-13/h4,7,10-11,13,17,19H,1-3,5-6,8-9,12H2,(H,20,23). The molecule has 0 bridgehead atoms. The summed E-state index contributed by atoms with van der Waals surface area (Å²) in [6.07, 6.45) is 6.26. The smallest absolute Gasteiger partial charge is 0.272 e. The predicted octanol–water partition coefficient (Wildman–Crippen LogP) is 3.10. The van der Waals surface area contributed by atoms with Gasteiger partial charge in [0.25, 0.3) is 5.91 Å². The minimum atomic E-state index is -0.0409. The number of nitrogens with one attached hydrogen (secondary N) is 2. The highest BCUT2D eigenvalue weighted by Gasteiger charge is 2.28. The third kappa shape index (κ3) is 3.26. The molecule has 2 aliphatic rings. The number of rotatable bonds is 4. The quantitative estimate of drug-likeness (QED) is 0.896. The molecule has 4 rings (SSSR count). The molecule has 6 heteroatoms. The Bertz CT molecular complexity index is 664. The van der Waals surface area contributed by atoms with Crippen LogP contribution in [0.5, 0.6) is 0 Å². The Labute approximate surface area is 146 Å². The Morgan fingerprint density at radius 3 is 3.00 bits per heavy atom. The van der Waals surface area contributed by atoms with Gasteiger partial charge < -0.3 is 10.6 Å². The fraction of sp³-hybridized carbons (Fsp3) is 0.556. The van der Waals surface area contributed by atoms with Crippen molar-refractivity contribution in [3.8, 4) is 0 Å². The van der Waals surface area contributed by atoms with Crippen molar-refractivity contribution in [3.05, 3.63) is 39.8 Å². The summed E-state index contributed by atoms with van der Waals surface area (Å²) >= 11 is 1.74. The first-order valence-corrected chi connectivity index (χ1v) is 9.81. The highest BCUT2D eigenvalue weighted by Crippen LogP contribution is 2.36. The highest BCUT2D eigenvalue weighted by molar-refractivity contribution is 7.10. The van der Waals surface area contributed by atoms with Crippen molar-refractivity contribution >= 4 is 17.2 Å². The first-order chi connectivity index (χ1) is 11.8. The molecule has 1 fully saturated rings. The van der Waals surface area contributed by atoms with E-state index in [4.69, 9.17) is 0 Å². The summed E-state index contributed by atoms with van der Waals surface area (Å²) in [7, 11) is 0. The molecule has 24 heavy (non-hydrogen) atoms. The summed E-state index contributed by atoms with van der Waals surface area (Å²) < 4.78 is 1.95. The van der Waals surface area contributed by atoms with Crippen LogP contribution in [0, 0.1) is 5.92 Å². The summed E-state index contributed by atoms with van der Waals surface area (Å²) in [4.78, 5) is 14.1. The maximum absolute atomic E-state index is 12.8.